The van der Waals surface area contributed by atoms with Crippen LogP contribution < -0.4 is 16.2 Å². The number of nitrogen functional groups attached to an aromatic ring is 2. The van der Waals surface area contributed by atoms with Crippen LogP contribution in [0.4, 0.5) is 5.69 Å². The molecule has 7 nitrogen and oxygen atoms in total. The number of nitrogens with two attached hydrogens (primary N) is 2. The number of rotatable bonds is 4. The highest BCUT2D eigenvalue weighted by molar-refractivity contribution is 5.94. The number of nitrogens with one attached hydrogen (secondary N) is 1. The Morgan fingerprint density at radius 2 is 1.68 bits per heavy atom. The van der Waals surface area contributed by atoms with E-state index in [9.17, 15) is 0 Å². The van der Waals surface area contributed by atoms with Crippen LogP contribution in [0.2, 0.25) is 0 Å². The minimum atomic E-state index is -0.00465. The lowest BCUT2D eigenvalue weighted by Crippen LogP contribution is -2.10. The lowest BCUT2D eigenvalue weighted by atomic mass is 10.2. The minimum absolute atomic E-state index is 0.00465. The molecule has 2 aromatic carbocycles. The van der Waals surface area contributed by atoms with Gasteiger partial charge in [-0.25, -0.2) is 0 Å². The molecule has 0 atom stereocenters. The molecule has 1 heterocycles. The Morgan fingerprint density at radius 1 is 1.00 bits per heavy atom. The summed E-state index contributed by atoms with van der Waals surface area (Å²) in [6.45, 7) is 0. The fraction of sp³-hybridized carbons (Fsp3) is 0. The molecule has 3 aromatic rings. The van der Waals surface area contributed by atoms with Gasteiger partial charge in [0.1, 0.15) is 11.6 Å². The van der Waals surface area contributed by atoms with Crippen LogP contribution in [0, 0.1) is 5.41 Å². The minimum Gasteiger partial charge on any atom is -0.410 e. The van der Waals surface area contributed by atoms with Gasteiger partial charge in [0, 0.05) is 16.8 Å². The monoisotopic (exact) mass is 295 g/mol. The first-order chi connectivity index (χ1) is 10.6. The molecule has 0 aliphatic heterocycles. The van der Waals surface area contributed by atoms with E-state index in [0.29, 0.717) is 22.9 Å². The lowest BCUT2D eigenvalue weighted by Gasteiger charge is -2.01. The van der Waals surface area contributed by atoms with Gasteiger partial charge in [-0.15, -0.1) is 5.10 Å². The van der Waals surface area contributed by atoms with E-state index in [4.69, 9.17) is 26.0 Å². The normalized spacial score (nSPS) is 10.4. The van der Waals surface area contributed by atoms with Crippen LogP contribution in [0.5, 0.6) is 11.8 Å². The molecule has 0 spiro atoms. The zero-order valence-electron chi connectivity index (χ0n) is 11.5. The van der Waals surface area contributed by atoms with Crippen LogP contribution in [-0.2, 0) is 0 Å². The number of hydrogen-bond donors (Lipinski definition) is 3. The first-order valence-corrected chi connectivity index (χ1v) is 6.43. The third-order valence-electron chi connectivity index (χ3n) is 2.93. The van der Waals surface area contributed by atoms with Crippen molar-refractivity contribution in [3.63, 3.8) is 0 Å². The summed E-state index contributed by atoms with van der Waals surface area (Å²) in [4.78, 5) is 0. The maximum absolute atomic E-state index is 7.33. The number of nitrogens with zero attached hydrogens (tertiary/aromatic N) is 2. The Balaban J connectivity index is 1.76. The smallest absolute Gasteiger partial charge is 0.410 e. The highest BCUT2D eigenvalue weighted by Crippen LogP contribution is 2.25. The third kappa shape index (κ3) is 2.88. The molecule has 0 saturated heterocycles. The largest absolute Gasteiger partial charge is 0.420 e. The second-order valence-electron chi connectivity index (χ2n) is 4.54. The van der Waals surface area contributed by atoms with Crippen molar-refractivity contribution >= 4 is 11.5 Å². The number of amidine groups is 1. The molecule has 0 aliphatic carbocycles. The Bertz CT molecular complexity index is 794. The summed E-state index contributed by atoms with van der Waals surface area (Å²) in [6.07, 6.45) is 0.0300. The summed E-state index contributed by atoms with van der Waals surface area (Å²) in [5, 5.41) is 15.1. The standard InChI is InChI=1S/C15H13N5O2/c16-11-5-1-10(2-6-11)14-19-20-15(22-14)21-12-7-3-9(4-8-12)13(17)18/h1-8H,16H2,(H3,17,18). The van der Waals surface area contributed by atoms with Crippen LogP contribution in [0.3, 0.4) is 0 Å². The predicted molar refractivity (Wildman–Crippen MR) is 81.7 cm³/mol. The molecule has 5 N–H and O–H groups in total. The predicted octanol–water partition coefficient (Wildman–Crippen LogP) is 2.40. The summed E-state index contributed by atoms with van der Waals surface area (Å²) >= 11 is 0. The van der Waals surface area contributed by atoms with Crippen molar-refractivity contribution in [1.29, 1.82) is 5.41 Å². The maximum Gasteiger partial charge on any atom is 0.420 e. The van der Waals surface area contributed by atoms with Crippen molar-refractivity contribution in [3.8, 4) is 23.3 Å². The molecular weight excluding hydrogens is 282 g/mol. The summed E-state index contributed by atoms with van der Waals surface area (Å²) in [7, 11) is 0. The molecule has 3 rings (SSSR count). The van der Waals surface area contributed by atoms with Crippen molar-refractivity contribution in [3.05, 3.63) is 54.1 Å². The van der Waals surface area contributed by atoms with Crippen LogP contribution >= 0.6 is 0 Å². The fourth-order valence-corrected chi connectivity index (χ4v) is 1.80. The van der Waals surface area contributed by atoms with Crippen LogP contribution in [0.25, 0.3) is 11.5 Å². The van der Waals surface area contributed by atoms with E-state index in [0.717, 1.165) is 5.56 Å². The molecule has 0 bridgehead atoms. The first kappa shape index (κ1) is 13.6. The number of benzene rings is 2. The second kappa shape index (κ2) is 5.57. The van der Waals surface area contributed by atoms with Crippen molar-refractivity contribution in [1.82, 2.24) is 10.2 Å². The highest BCUT2D eigenvalue weighted by atomic mass is 16.6. The molecule has 0 aliphatic rings. The molecule has 0 unspecified atom stereocenters. The van der Waals surface area contributed by atoms with Crippen LogP contribution in [0.15, 0.2) is 52.9 Å². The van der Waals surface area contributed by atoms with Crippen molar-refractivity contribution in [2.45, 2.75) is 0 Å². The number of hydrogen-bond acceptors (Lipinski definition) is 6. The summed E-state index contributed by atoms with van der Waals surface area (Å²) in [5.41, 5.74) is 13.0. The van der Waals surface area contributed by atoms with Gasteiger partial charge in [0.05, 0.1) is 0 Å². The fourth-order valence-electron chi connectivity index (χ4n) is 1.80. The number of aromatic nitrogens is 2. The van der Waals surface area contributed by atoms with Gasteiger partial charge in [-0.1, -0.05) is 5.10 Å². The maximum atomic E-state index is 7.33. The van der Waals surface area contributed by atoms with Gasteiger partial charge in [0.25, 0.3) is 5.89 Å². The summed E-state index contributed by atoms with van der Waals surface area (Å²) < 4.78 is 10.9. The average molecular weight is 295 g/mol. The third-order valence-corrected chi connectivity index (χ3v) is 2.93. The second-order valence-corrected chi connectivity index (χ2v) is 4.54. The van der Waals surface area contributed by atoms with E-state index >= 15 is 0 Å². The molecule has 0 amide bonds. The van der Waals surface area contributed by atoms with E-state index in [2.05, 4.69) is 10.2 Å². The van der Waals surface area contributed by atoms with Crippen molar-refractivity contribution in [2.75, 3.05) is 5.73 Å². The first-order valence-electron chi connectivity index (χ1n) is 6.43. The lowest BCUT2D eigenvalue weighted by molar-refractivity contribution is 0.335. The van der Waals surface area contributed by atoms with Crippen molar-refractivity contribution < 1.29 is 9.15 Å². The van der Waals surface area contributed by atoms with Crippen molar-refractivity contribution in [2.24, 2.45) is 5.73 Å². The summed E-state index contributed by atoms with van der Waals surface area (Å²) in [6, 6.07) is 13.8. The van der Waals surface area contributed by atoms with E-state index in [1.165, 1.54) is 0 Å². The van der Waals surface area contributed by atoms with Crippen LogP contribution in [-0.4, -0.2) is 16.0 Å². The number of anilines is 1. The van der Waals surface area contributed by atoms with Gasteiger partial charge >= 0.3 is 6.08 Å². The van der Waals surface area contributed by atoms with Gasteiger partial charge < -0.3 is 20.6 Å². The van der Waals surface area contributed by atoms with Gasteiger partial charge in [0.2, 0.25) is 0 Å². The Kier molecular flexibility index (Phi) is 3.45. The van der Waals surface area contributed by atoms with E-state index in [1.54, 1.807) is 48.5 Å². The molecule has 7 heteroatoms. The quantitative estimate of drug-likeness (QED) is 0.385. The molecule has 1 aromatic heterocycles. The molecular formula is C15H13N5O2. The van der Waals surface area contributed by atoms with E-state index in [-0.39, 0.29) is 11.9 Å². The molecule has 0 fully saturated rings. The van der Waals surface area contributed by atoms with E-state index < -0.39 is 0 Å². The average Bonchev–Trinajstić information content (AvgIpc) is 2.97. The highest BCUT2D eigenvalue weighted by Gasteiger charge is 2.10. The van der Waals surface area contributed by atoms with Gasteiger partial charge in [0.15, 0.2) is 0 Å². The Labute approximate surface area is 126 Å². The zero-order valence-corrected chi connectivity index (χ0v) is 11.5. The zero-order chi connectivity index (χ0) is 15.5. The van der Waals surface area contributed by atoms with Crippen LogP contribution in [0.1, 0.15) is 5.56 Å². The van der Waals surface area contributed by atoms with Gasteiger partial charge in [-0.05, 0) is 48.5 Å². The molecule has 0 radical (unpaired) electrons. The van der Waals surface area contributed by atoms with Gasteiger partial charge in [-0.2, -0.15) is 0 Å². The summed E-state index contributed by atoms with van der Waals surface area (Å²) in [5.74, 6) is 0.850. The molecule has 110 valence electrons. The topological polar surface area (TPSA) is 124 Å². The Morgan fingerprint density at radius 3 is 2.32 bits per heavy atom. The van der Waals surface area contributed by atoms with E-state index in [1.807, 2.05) is 0 Å². The molecule has 22 heavy (non-hydrogen) atoms. The van der Waals surface area contributed by atoms with Gasteiger partial charge in [-0.3, -0.25) is 5.41 Å². The SMILES string of the molecule is N=C(N)c1ccc(Oc2nnc(-c3ccc(N)cc3)o2)cc1. The Hall–Kier alpha value is -3.35. The molecule has 0 saturated carbocycles. The number of ether oxygens (including phenoxy) is 1.